The third-order valence-corrected chi connectivity index (χ3v) is 1.23. The van der Waals surface area contributed by atoms with Crippen LogP contribution in [0, 0.1) is 0 Å². The van der Waals surface area contributed by atoms with Gasteiger partial charge in [-0.3, -0.25) is 4.79 Å². The predicted octanol–water partition coefficient (Wildman–Crippen LogP) is -1.74. The molecule has 0 aromatic rings. The monoisotopic (exact) mass is 164 g/mol. The lowest BCUT2D eigenvalue weighted by molar-refractivity contribution is -0.145. The predicted molar refractivity (Wildman–Crippen MR) is 35.7 cm³/mol. The van der Waals surface area contributed by atoms with Gasteiger partial charge >= 0.3 is 5.97 Å². The molecule has 5 heteroatoms. The molecule has 0 aliphatic carbocycles. The van der Waals surface area contributed by atoms with Gasteiger partial charge in [0.2, 0.25) is 0 Å². The van der Waals surface area contributed by atoms with E-state index in [9.17, 15) is 4.79 Å². The zero-order chi connectivity index (χ0) is 8.85. The van der Waals surface area contributed by atoms with Crippen LogP contribution >= 0.6 is 0 Å². The number of rotatable bonds is 4. The number of hydrogen-bond donors (Lipinski definition) is 3. The number of ether oxygens (including phenoxy) is 1. The Morgan fingerprint density at radius 1 is 1.45 bits per heavy atom. The number of methoxy groups -OCH3 is 1. The van der Waals surface area contributed by atoms with Crippen molar-refractivity contribution in [2.24, 2.45) is 0 Å². The van der Waals surface area contributed by atoms with Gasteiger partial charge in [0.05, 0.1) is 26.2 Å². The van der Waals surface area contributed by atoms with Crippen molar-refractivity contribution < 1.29 is 24.9 Å². The first-order valence-electron chi connectivity index (χ1n) is 3.15. The number of carbonyl (C=O) groups is 1. The van der Waals surface area contributed by atoms with Crippen LogP contribution in [0.1, 0.15) is 6.42 Å². The molecule has 0 aliphatic rings. The van der Waals surface area contributed by atoms with E-state index in [0.717, 1.165) is 0 Å². The van der Waals surface area contributed by atoms with E-state index in [0.29, 0.717) is 0 Å². The van der Waals surface area contributed by atoms with Crippen LogP contribution < -0.4 is 0 Å². The molecule has 0 rings (SSSR count). The largest absolute Gasteiger partial charge is 0.469 e. The van der Waals surface area contributed by atoms with Crippen LogP contribution in [0.3, 0.4) is 0 Å². The first-order valence-corrected chi connectivity index (χ1v) is 3.15. The average Bonchev–Trinajstić information content (AvgIpc) is 2.02. The van der Waals surface area contributed by atoms with Crippen LogP contribution in [0.15, 0.2) is 0 Å². The standard InChI is InChI=1S/C6H12O5/c1-11-6(10)2-4(8)5(9)3-7/h4-5,7-9H,2-3H2,1H3/t4-,5-/m1/s1. The lowest BCUT2D eigenvalue weighted by atomic mass is 10.1. The maximum absolute atomic E-state index is 10.5. The highest BCUT2D eigenvalue weighted by atomic mass is 16.5. The molecule has 0 aliphatic heterocycles. The number of carbonyl (C=O) groups excluding carboxylic acids is 1. The Balaban J connectivity index is 3.67. The molecule has 0 heterocycles. The molecule has 0 aromatic heterocycles. The summed E-state index contributed by atoms with van der Waals surface area (Å²) >= 11 is 0. The molecule has 0 bridgehead atoms. The number of aliphatic hydroxyl groups excluding tert-OH is 3. The minimum absolute atomic E-state index is 0.307. The van der Waals surface area contributed by atoms with E-state index < -0.39 is 24.8 Å². The molecule has 5 nitrogen and oxygen atoms in total. The molecule has 0 saturated carbocycles. The van der Waals surface area contributed by atoms with Gasteiger partial charge in [-0.1, -0.05) is 0 Å². The summed E-state index contributed by atoms with van der Waals surface area (Å²) in [6, 6.07) is 0. The van der Waals surface area contributed by atoms with Gasteiger partial charge in [-0.25, -0.2) is 0 Å². The van der Waals surface area contributed by atoms with Crippen molar-refractivity contribution in [3.63, 3.8) is 0 Å². The normalized spacial score (nSPS) is 15.6. The van der Waals surface area contributed by atoms with Gasteiger partial charge in [0.25, 0.3) is 0 Å². The first-order chi connectivity index (χ1) is 5.11. The maximum atomic E-state index is 10.5. The lowest BCUT2D eigenvalue weighted by Crippen LogP contribution is -2.31. The second-order valence-corrected chi connectivity index (χ2v) is 2.10. The summed E-state index contributed by atoms with van der Waals surface area (Å²) in [5, 5.41) is 26.0. The topological polar surface area (TPSA) is 87.0 Å². The van der Waals surface area contributed by atoms with Gasteiger partial charge in [-0.15, -0.1) is 0 Å². The highest BCUT2D eigenvalue weighted by Gasteiger charge is 2.18. The fourth-order valence-corrected chi connectivity index (χ4v) is 0.512. The van der Waals surface area contributed by atoms with E-state index in [1.54, 1.807) is 0 Å². The molecular weight excluding hydrogens is 152 g/mol. The Labute approximate surface area is 64.2 Å². The van der Waals surface area contributed by atoms with Gasteiger partial charge < -0.3 is 20.1 Å². The summed E-state index contributed by atoms with van der Waals surface area (Å²) < 4.78 is 4.22. The number of aliphatic hydroxyl groups is 3. The van der Waals surface area contributed by atoms with Crippen molar-refractivity contribution in [1.82, 2.24) is 0 Å². The molecule has 0 aromatic carbocycles. The minimum atomic E-state index is -1.28. The van der Waals surface area contributed by atoms with Gasteiger partial charge in [0.15, 0.2) is 0 Å². The smallest absolute Gasteiger partial charge is 0.308 e. The van der Waals surface area contributed by atoms with E-state index >= 15 is 0 Å². The Hall–Kier alpha value is -0.650. The van der Waals surface area contributed by atoms with Crippen molar-refractivity contribution in [3.8, 4) is 0 Å². The third kappa shape index (κ3) is 3.92. The second kappa shape index (κ2) is 5.06. The van der Waals surface area contributed by atoms with E-state index in [1.165, 1.54) is 7.11 Å². The van der Waals surface area contributed by atoms with Gasteiger partial charge in [0.1, 0.15) is 6.10 Å². The zero-order valence-corrected chi connectivity index (χ0v) is 6.23. The Kier molecular flexibility index (Phi) is 4.76. The summed E-state index contributed by atoms with van der Waals surface area (Å²) in [5.74, 6) is -0.620. The first kappa shape index (κ1) is 10.3. The van der Waals surface area contributed by atoms with E-state index in [-0.39, 0.29) is 6.42 Å². The highest BCUT2D eigenvalue weighted by Crippen LogP contribution is 1.99. The van der Waals surface area contributed by atoms with Gasteiger partial charge in [-0.05, 0) is 0 Å². The van der Waals surface area contributed by atoms with Crippen LogP contribution in [-0.2, 0) is 9.53 Å². The Morgan fingerprint density at radius 3 is 2.36 bits per heavy atom. The minimum Gasteiger partial charge on any atom is -0.469 e. The van der Waals surface area contributed by atoms with Crippen LogP contribution in [0.25, 0.3) is 0 Å². The number of esters is 1. The van der Waals surface area contributed by atoms with E-state index in [1.807, 2.05) is 0 Å². The molecule has 3 N–H and O–H groups in total. The molecule has 2 atom stereocenters. The summed E-state index contributed by atoms with van der Waals surface area (Å²) in [7, 11) is 1.18. The summed E-state index contributed by atoms with van der Waals surface area (Å²) in [5.41, 5.74) is 0. The highest BCUT2D eigenvalue weighted by molar-refractivity contribution is 5.69. The van der Waals surface area contributed by atoms with Crippen LogP contribution in [0.5, 0.6) is 0 Å². The average molecular weight is 164 g/mol. The molecule has 11 heavy (non-hydrogen) atoms. The zero-order valence-electron chi connectivity index (χ0n) is 6.23. The maximum Gasteiger partial charge on any atom is 0.308 e. The molecular formula is C6H12O5. The Morgan fingerprint density at radius 2 is 2.00 bits per heavy atom. The van der Waals surface area contributed by atoms with Crippen LogP contribution in [-0.4, -0.2) is 47.2 Å². The van der Waals surface area contributed by atoms with Crippen molar-refractivity contribution in [3.05, 3.63) is 0 Å². The molecule has 0 saturated heterocycles. The van der Waals surface area contributed by atoms with Gasteiger partial charge in [0, 0.05) is 0 Å². The number of hydrogen-bond acceptors (Lipinski definition) is 5. The van der Waals surface area contributed by atoms with Crippen molar-refractivity contribution >= 4 is 5.97 Å². The van der Waals surface area contributed by atoms with E-state index in [4.69, 9.17) is 15.3 Å². The lowest BCUT2D eigenvalue weighted by Gasteiger charge is -2.13. The molecule has 0 spiro atoms. The third-order valence-electron chi connectivity index (χ3n) is 1.23. The van der Waals surface area contributed by atoms with Crippen molar-refractivity contribution in [2.75, 3.05) is 13.7 Å². The van der Waals surface area contributed by atoms with Gasteiger partial charge in [-0.2, -0.15) is 0 Å². The molecule has 66 valence electrons. The summed E-state index contributed by atoms with van der Waals surface area (Å²) in [4.78, 5) is 10.5. The van der Waals surface area contributed by atoms with Crippen molar-refractivity contribution in [1.29, 1.82) is 0 Å². The Bertz CT molecular complexity index is 124. The van der Waals surface area contributed by atoms with Crippen molar-refractivity contribution in [2.45, 2.75) is 18.6 Å². The molecule has 0 amide bonds. The SMILES string of the molecule is COC(=O)C[C@@H](O)[C@H](O)CO. The summed E-state index contributed by atoms with van der Waals surface area (Å²) in [6.45, 7) is -0.571. The molecule has 0 radical (unpaired) electrons. The van der Waals surface area contributed by atoms with Crippen LogP contribution in [0.2, 0.25) is 0 Å². The van der Waals surface area contributed by atoms with Crippen LogP contribution in [0.4, 0.5) is 0 Å². The quantitative estimate of drug-likeness (QED) is 0.429. The van der Waals surface area contributed by atoms with E-state index in [2.05, 4.69) is 4.74 Å². The molecule has 0 unspecified atom stereocenters. The fraction of sp³-hybridized carbons (Fsp3) is 0.833. The second-order valence-electron chi connectivity index (χ2n) is 2.10. The fourth-order valence-electron chi connectivity index (χ4n) is 0.512. The molecule has 0 fully saturated rings. The summed E-state index contributed by atoms with van der Waals surface area (Å²) in [6.07, 6.45) is -2.85.